The van der Waals surface area contributed by atoms with E-state index in [0.717, 1.165) is 6.07 Å². The summed E-state index contributed by atoms with van der Waals surface area (Å²) in [6.07, 6.45) is -3.85. The lowest BCUT2D eigenvalue weighted by molar-refractivity contribution is -0.123. The van der Waals surface area contributed by atoms with E-state index in [2.05, 4.69) is 10.3 Å². The van der Waals surface area contributed by atoms with Crippen LogP contribution >= 0.6 is 11.6 Å². The minimum absolute atomic E-state index is 0.0300. The van der Waals surface area contributed by atoms with Gasteiger partial charge in [-0.2, -0.15) is 8.78 Å². The molecule has 0 atom stereocenters. The molecular weight excluding hydrogens is 290 g/mol. The topological polar surface area (TPSA) is 54.0 Å². The Kier molecular flexibility index (Phi) is 4.93. The zero-order valence-electron chi connectivity index (χ0n) is 9.68. The smallest absolute Gasteiger partial charge is 0.324 e. The van der Waals surface area contributed by atoms with Crippen molar-refractivity contribution in [3.63, 3.8) is 0 Å². The van der Waals surface area contributed by atoms with Crippen LogP contribution in [0.25, 0.3) is 0 Å². The molecule has 19 heavy (non-hydrogen) atoms. The quantitative estimate of drug-likeness (QED) is 0.648. The molecule has 0 aromatic carbocycles. The van der Waals surface area contributed by atoms with Crippen LogP contribution in [0.5, 0.6) is 0 Å². The second-order valence-electron chi connectivity index (χ2n) is 3.56. The summed E-state index contributed by atoms with van der Waals surface area (Å²) in [6, 6.07) is 2.39. The van der Waals surface area contributed by atoms with E-state index in [1.54, 1.807) is 5.32 Å². The Labute approximate surface area is 111 Å². The molecule has 0 radical (unpaired) electrons. The number of hydrogen-bond donors (Lipinski definition) is 2. The largest absolute Gasteiger partial charge is 0.373 e. The summed E-state index contributed by atoms with van der Waals surface area (Å²) < 4.78 is 49.1. The molecule has 1 amide bonds. The van der Waals surface area contributed by atoms with Crippen molar-refractivity contribution in [1.29, 1.82) is 0 Å². The number of amides is 1. The predicted octanol–water partition coefficient (Wildman–Crippen LogP) is 2.41. The standard InChI is InChI=1S/C10H10ClF4N3O/c1-16-7-3-5(2-6(11)18-7)8(19)17-4-10(14,15)9(12)13/h2-3,9H,4H2,1H3,(H,16,18)(H,17,19). The maximum Gasteiger partial charge on any atom is 0.324 e. The lowest BCUT2D eigenvalue weighted by Crippen LogP contribution is -2.41. The number of alkyl halides is 4. The summed E-state index contributed by atoms with van der Waals surface area (Å²) in [5.41, 5.74) is -0.0607. The predicted molar refractivity (Wildman–Crippen MR) is 62.1 cm³/mol. The molecule has 0 aliphatic carbocycles. The van der Waals surface area contributed by atoms with Gasteiger partial charge < -0.3 is 10.6 Å². The van der Waals surface area contributed by atoms with Crippen molar-refractivity contribution in [2.45, 2.75) is 12.3 Å². The van der Waals surface area contributed by atoms with Gasteiger partial charge in [0.2, 0.25) is 0 Å². The van der Waals surface area contributed by atoms with Gasteiger partial charge in [-0.3, -0.25) is 4.79 Å². The van der Waals surface area contributed by atoms with Gasteiger partial charge in [-0.1, -0.05) is 11.6 Å². The van der Waals surface area contributed by atoms with E-state index >= 15 is 0 Å². The van der Waals surface area contributed by atoms with Crippen molar-refractivity contribution in [1.82, 2.24) is 10.3 Å². The molecule has 0 saturated heterocycles. The van der Waals surface area contributed by atoms with Crippen molar-refractivity contribution in [2.75, 3.05) is 18.9 Å². The van der Waals surface area contributed by atoms with Gasteiger partial charge in [0.15, 0.2) is 0 Å². The fraction of sp³-hybridized carbons (Fsp3) is 0.400. The van der Waals surface area contributed by atoms with Crippen molar-refractivity contribution in [2.24, 2.45) is 0 Å². The highest BCUT2D eigenvalue weighted by Crippen LogP contribution is 2.22. The van der Waals surface area contributed by atoms with Gasteiger partial charge in [0.05, 0.1) is 6.54 Å². The summed E-state index contributed by atoms with van der Waals surface area (Å²) in [5, 5.41) is 4.30. The fourth-order valence-corrected chi connectivity index (χ4v) is 1.34. The van der Waals surface area contributed by atoms with E-state index < -0.39 is 24.8 Å². The Balaban J connectivity index is 2.76. The number of nitrogens with zero attached hydrogens (tertiary/aromatic N) is 1. The molecule has 4 nitrogen and oxygen atoms in total. The highest BCUT2D eigenvalue weighted by atomic mass is 35.5. The number of rotatable bonds is 5. The number of hydrogen-bond acceptors (Lipinski definition) is 3. The van der Waals surface area contributed by atoms with Crippen molar-refractivity contribution < 1.29 is 22.4 Å². The minimum atomic E-state index is -4.28. The lowest BCUT2D eigenvalue weighted by atomic mass is 10.2. The number of aromatic nitrogens is 1. The summed E-state index contributed by atoms with van der Waals surface area (Å²) in [6.45, 7) is -1.46. The number of nitrogens with one attached hydrogen (secondary N) is 2. The van der Waals surface area contributed by atoms with Crippen molar-refractivity contribution >= 4 is 23.3 Å². The van der Waals surface area contributed by atoms with Crippen molar-refractivity contribution in [3.05, 3.63) is 22.8 Å². The molecule has 106 valence electrons. The zero-order valence-corrected chi connectivity index (χ0v) is 10.4. The molecular formula is C10H10ClF4N3O. The van der Waals surface area contributed by atoms with E-state index in [9.17, 15) is 22.4 Å². The molecule has 9 heteroatoms. The zero-order chi connectivity index (χ0) is 14.6. The number of pyridine rings is 1. The SMILES string of the molecule is CNc1cc(C(=O)NCC(F)(F)C(F)F)cc(Cl)n1. The summed E-state index contributed by atoms with van der Waals surface area (Å²) >= 11 is 5.61. The van der Waals surface area contributed by atoms with Gasteiger partial charge in [-0.15, -0.1) is 0 Å². The molecule has 1 heterocycles. The molecule has 0 unspecified atom stereocenters. The van der Waals surface area contributed by atoms with Crippen molar-refractivity contribution in [3.8, 4) is 0 Å². The second kappa shape index (κ2) is 6.05. The van der Waals surface area contributed by atoms with E-state index in [4.69, 9.17) is 11.6 Å². The number of carbonyl (C=O) groups is 1. The van der Waals surface area contributed by atoms with E-state index in [-0.39, 0.29) is 16.5 Å². The van der Waals surface area contributed by atoms with Gasteiger partial charge in [-0.25, -0.2) is 13.8 Å². The molecule has 0 saturated carbocycles. The number of carbonyl (C=O) groups excluding carboxylic acids is 1. The molecule has 2 N–H and O–H groups in total. The third-order valence-corrected chi connectivity index (χ3v) is 2.31. The third-order valence-electron chi connectivity index (χ3n) is 2.12. The Morgan fingerprint density at radius 3 is 2.63 bits per heavy atom. The summed E-state index contributed by atoms with van der Waals surface area (Å²) in [7, 11) is 1.52. The van der Waals surface area contributed by atoms with Crippen LogP contribution in [-0.4, -0.2) is 36.8 Å². The van der Waals surface area contributed by atoms with E-state index in [1.165, 1.54) is 13.1 Å². The number of halogens is 5. The second-order valence-corrected chi connectivity index (χ2v) is 3.95. The Hall–Kier alpha value is -1.57. The Morgan fingerprint density at radius 1 is 1.47 bits per heavy atom. The summed E-state index contributed by atoms with van der Waals surface area (Å²) in [4.78, 5) is 15.3. The van der Waals surface area contributed by atoms with Crippen LogP contribution in [0.3, 0.4) is 0 Å². The van der Waals surface area contributed by atoms with Gasteiger partial charge in [-0.05, 0) is 12.1 Å². The first kappa shape index (κ1) is 15.5. The third kappa shape index (κ3) is 4.23. The van der Waals surface area contributed by atoms with Crippen LogP contribution in [-0.2, 0) is 0 Å². The van der Waals surface area contributed by atoms with Gasteiger partial charge in [0, 0.05) is 12.6 Å². The van der Waals surface area contributed by atoms with Gasteiger partial charge in [0.1, 0.15) is 11.0 Å². The normalized spacial score (nSPS) is 11.5. The maximum atomic E-state index is 12.6. The first-order valence-electron chi connectivity index (χ1n) is 5.06. The minimum Gasteiger partial charge on any atom is -0.373 e. The van der Waals surface area contributed by atoms with Crippen LogP contribution in [0, 0.1) is 0 Å². The average molecular weight is 300 g/mol. The first-order chi connectivity index (χ1) is 8.76. The molecule has 0 aliphatic heterocycles. The molecule has 0 aliphatic rings. The van der Waals surface area contributed by atoms with Crippen LogP contribution in [0.15, 0.2) is 12.1 Å². The maximum absolute atomic E-state index is 12.6. The molecule has 1 aromatic rings. The van der Waals surface area contributed by atoms with Crippen LogP contribution < -0.4 is 10.6 Å². The van der Waals surface area contributed by atoms with Gasteiger partial charge in [0.25, 0.3) is 5.91 Å². The first-order valence-corrected chi connectivity index (χ1v) is 5.43. The molecule has 1 rings (SSSR count). The molecule has 0 bridgehead atoms. The van der Waals surface area contributed by atoms with Crippen LogP contribution in [0.2, 0.25) is 5.15 Å². The Bertz CT molecular complexity index is 470. The lowest BCUT2D eigenvalue weighted by Gasteiger charge is -2.15. The molecule has 0 spiro atoms. The Morgan fingerprint density at radius 2 is 2.11 bits per heavy atom. The highest BCUT2D eigenvalue weighted by molar-refractivity contribution is 6.29. The van der Waals surface area contributed by atoms with Crippen LogP contribution in [0.4, 0.5) is 23.4 Å². The summed E-state index contributed by atoms with van der Waals surface area (Å²) in [5.74, 6) is -4.97. The number of anilines is 1. The van der Waals surface area contributed by atoms with E-state index in [1.807, 2.05) is 0 Å². The highest BCUT2D eigenvalue weighted by Gasteiger charge is 2.40. The van der Waals surface area contributed by atoms with E-state index in [0.29, 0.717) is 0 Å². The van der Waals surface area contributed by atoms with Crippen LogP contribution in [0.1, 0.15) is 10.4 Å². The fourth-order valence-electron chi connectivity index (χ4n) is 1.13. The molecule has 1 aromatic heterocycles. The van der Waals surface area contributed by atoms with Gasteiger partial charge >= 0.3 is 12.3 Å². The average Bonchev–Trinajstić information content (AvgIpc) is 2.34. The monoisotopic (exact) mass is 299 g/mol. The molecule has 0 fully saturated rings.